The molecule has 0 amide bonds. The van der Waals surface area contributed by atoms with E-state index < -0.39 is 5.97 Å². The Morgan fingerprint density at radius 3 is 2.50 bits per heavy atom. The fourth-order valence-electron chi connectivity index (χ4n) is 2.10. The predicted molar refractivity (Wildman–Crippen MR) is 90.9 cm³/mol. The number of anilines is 1. The first-order chi connectivity index (χ1) is 10.6. The minimum absolute atomic E-state index is 0.331. The van der Waals surface area contributed by atoms with Crippen LogP contribution in [0.5, 0.6) is 0 Å². The van der Waals surface area contributed by atoms with Gasteiger partial charge in [-0.3, -0.25) is 5.43 Å². The van der Waals surface area contributed by atoms with Crippen molar-refractivity contribution in [2.75, 3.05) is 45.3 Å². The molecule has 0 radical (unpaired) electrons. The molecule has 1 aliphatic heterocycles. The Labute approximate surface area is 139 Å². The third-order valence-corrected chi connectivity index (χ3v) is 3.92. The first-order valence-corrected chi connectivity index (χ1v) is 8.09. The molecule has 0 bridgehead atoms. The van der Waals surface area contributed by atoms with Crippen LogP contribution in [0.25, 0.3) is 0 Å². The van der Waals surface area contributed by atoms with Crippen molar-refractivity contribution in [1.29, 1.82) is 0 Å². The number of rotatable bonds is 3. The van der Waals surface area contributed by atoms with Crippen molar-refractivity contribution < 1.29 is 9.53 Å². The number of likely N-dealkylation sites (N-methyl/N-ethyl adjacent to an activating group) is 1. The van der Waals surface area contributed by atoms with Crippen molar-refractivity contribution in [3.05, 3.63) is 28.7 Å². The molecule has 1 N–H and O–H groups in total. The number of piperazine rings is 1. The highest BCUT2D eigenvalue weighted by Gasteiger charge is 2.24. The second kappa shape index (κ2) is 8.14. The van der Waals surface area contributed by atoms with Gasteiger partial charge in [-0.15, -0.1) is 5.10 Å². The van der Waals surface area contributed by atoms with E-state index in [9.17, 15) is 4.79 Å². The monoisotopic (exact) mass is 368 g/mol. The number of nitrogens with one attached hydrogen (secondary N) is 1. The molecule has 1 aromatic carbocycles. The summed E-state index contributed by atoms with van der Waals surface area (Å²) in [4.78, 5) is 16.3. The number of hydrazone groups is 1. The fraction of sp³-hybridized carbons (Fsp3) is 0.467. The normalized spacial score (nSPS) is 16.5. The summed E-state index contributed by atoms with van der Waals surface area (Å²) >= 11 is 3.39. The standard InChI is InChI=1S/C15H21BrN4O2/c1-3-22-15(21)14(20-10-8-19(2)9-11-20)18-17-13-6-4-12(16)5-7-13/h4-7,17H,3,8-11H2,1-2H3. The largest absolute Gasteiger partial charge is 0.460 e. The molecule has 1 aromatic rings. The van der Waals surface area contributed by atoms with Gasteiger partial charge in [0, 0.05) is 30.7 Å². The van der Waals surface area contributed by atoms with Gasteiger partial charge in [0.1, 0.15) is 0 Å². The molecule has 6 nitrogen and oxygen atoms in total. The van der Waals surface area contributed by atoms with Gasteiger partial charge >= 0.3 is 5.97 Å². The van der Waals surface area contributed by atoms with Crippen LogP contribution in [0.2, 0.25) is 0 Å². The van der Waals surface area contributed by atoms with Gasteiger partial charge in [-0.05, 0) is 38.2 Å². The van der Waals surface area contributed by atoms with E-state index in [2.05, 4.69) is 38.4 Å². The Hall–Kier alpha value is -1.60. The minimum Gasteiger partial charge on any atom is -0.460 e. The number of esters is 1. The van der Waals surface area contributed by atoms with Gasteiger partial charge in [-0.1, -0.05) is 15.9 Å². The smallest absolute Gasteiger partial charge is 0.375 e. The molecule has 1 saturated heterocycles. The maximum absolute atomic E-state index is 12.1. The van der Waals surface area contributed by atoms with Crippen LogP contribution < -0.4 is 5.43 Å². The minimum atomic E-state index is -0.392. The number of ether oxygens (including phenoxy) is 1. The lowest BCUT2D eigenvalue weighted by molar-refractivity contribution is -0.136. The van der Waals surface area contributed by atoms with Crippen LogP contribution >= 0.6 is 15.9 Å². The molecule has 0 saturated carbocycles. The first kappa shape index (κ1) is 16.8. The van der Waals surface area contributed by atoms with Gasteiger partial charge in [-0.25, -0.2) is 4.79 Å². The SMILES string of the molecule is CCOC(=O)C(=NNc1ccc(Br)cc1)N1CCN(C)CC1. The van der Waals surface area contributed by atoms with Crippen molar-refractivity contribution in [2.45, 2.75) is 6.92 Å². The number of hydrogen-bond donors (Lipinski definition) is 1. The zero-order valence-electron chi connectivity index (χ0n) is 12.9. The van der Waals surface area contributed by atoms with Crippen LogP contribution in [0.1, 0.15) is 6.92 Å². The number of carbonyl (C=O) groups is 1. The van der Waals surface area contributed by atoms with Crippen LogP contribution in [0.15, 0.2) is 33.8 Å². The lowest BCUT2D eigenvalue weighted by Crippen LogP contribution is -2.50. The van der Waals surface area contributed by atoms with Crippen LogP contribution in [0.3, 0.4) is 0 Å². The van der Waals surface area contributed by atoms with Crippen molar-refractivity contribution in [3.8, 4) is 0 Å². The Kier molecular flexibility index (Phi) is 6.21. The summed E-state index contributed by atoms with van der Waals surface area (Å²) in [6.45, 7) is 5.45. The van der Waals surface area contributed by atoms with Gasteiger partial charge in [0.15, 0.2) is 0 Å². The van der Waals surface area contributed by atoms with Crippen LogP contribution in [0.4, 0.5) is 5.69 Å². The van der Waals surface area contributed by atoms with Gasteiger partial charge < -0.3 is 14.5 Å². The van der Waals surface area contributed by atoms with Gasteiger partial charge in [0.25, 0.3) is 0 Å². The number of halogens is 1. The molecule has 0 unspecified atom stereocenters. The number of nitrogens with zero attached hydrogens (tertiary/aromatic N) is 3. The Morgan fingerprint density at radius 2 is 1.91 bits per heavy atom. The van der Waals surface area contributed by atoms with Crippen LogP contribution in [-0.2, 0) is 9.53 Å². The van der Waals surface area contributed by atoms with Crippen molar-refractivity contribution in [3.63, 3.8) is 0 Å². The molecule has 1 fully saturated rings. The van der Waals surface area contributed by atoms with Crippen molar-refractivity contribution >= 4 is 33.4 Å². The highest BCUT2D eigenvalue weighted by Crippen LogP contribution is 2.14. The molecule has 0 aromatic heterocycles. The summed E-state index contributed by atoms with van der Waals surface area (Å²) in [5.41, 5.74) is 3.75. The van der Waals surface area contributed by atoms with Crippen LogP contribution in [0, 0.1) is 0 Å². The quantitative estimate of drug-likeness (QED) is 0.382. The van der Waals surface area contributed by atoms with E-state index in [0.717, 1.165) is 36.3 Å². The maximum atomic E-state index is 12.1. The van der Waals surface area contributed by atoms with Gasteiger partial charge in [-0.2, -0.15) is 0 Å². The molecule has 7 heteroatoms. The molecule has 0 aliphatic carbocycles. The summed E-state index contributed by atoms with van der Waals surface area (Å²) in [5.74, 6) is -0.0606. The number of hydrogen-bond acceptors (Lipinski definition) is 5. The molecular weight excluding hydrogens is 348 g/mol. The van der Waals surface area contributed by atoms with E-state index in [0.29, 0.717) is 12.4 Å². The third-order valence-electron chi connectivity index (χ3n) is 3.40. The molecule has 0 spiro atoms. The van der Waals surface area contributed by atoms with E-state index in [1.54, 1.807) is 6.92 Å². The number of carbonyl (C=O) groups excluding carboxylic acids is 1. The first-order valence-electron chi connectivity index (χ1n) is 7.30. The lowest BCUT2D eigenvalue weighted by atomic mass is 10.3. The summed E-state index contributed by atoms with van der Waals surface area (Å²) in [5, 5.41) is 4.28. The average molecular weight is 369 g/mol. The molecular formula is C15H21BrN4O2. The van der Waals surface area contributed by atoms with E-state index in [1.807, 2.05) is 29.2 Å². The van der Waals surface area contributed by atoms with E-state index >= 15 is 0 Å². The summed E-state index contributed by atoms with van der Waals surface area (Å²) < 4.78 is 6.11. The second-order valence-corrected chi connectivity index (χ2v) is 5.98. The van der Waals surface area contributed by atoms with Crippen molar-refractivity contribution in [1.82, 2.24) is 9.80 Å². The summed E-state index contributed by atoms with van der Waals surface area (Å²) in [6, 6.07) is 7.61. The highest BCUT2D eigenvalue weighted by molar-refractivity contribution is 9.10. The van der Waals surface area contributed by atoms with Gasteiger partial charge in [0.05, 0.1) is 12.3 Å². The van der Waals surface area contributed by atoms with E-state index in [4.69, 9.17) is 4.74 Å². The molecule has 1 heterocycles. The zero-order valence-corrected chi connectivity index (χ0v) is 14.5. The van der Waals surface area contributed by atoms with Gasteiger partial charge in [0.2, 0.25) is 5.84 Å². The molecule has 120 valence electrons. The highest BCUT2D eigenvalue weighted by atomic mass is 79.9. The topological polar surface area (TPSA) is 57.2 Å². The predicted octanol–water partition coefficient (Wildman–Crippen LogP) is 1.99. The number of benzene rings is 1. The Balaban J connectivity index is 2.10. The van der Waals surface area contributed by atoms with E-state index in [1.165, 1.54) is 0 Å². The average Bonchev–Trinajstić information content (AvgIpc) is 2.51. The molecule has 22 heavy (non-hydrogen) atoms. The van der Waals surface area contributed by atoms with E-state index in [-0.39, 0.29) is 0 Å². The maximum Gasteiger partial charge on any atom is 0.375 e. The molecule has 2 rings (SSSR count). The molecule has 0 atom stereocenters. The second-order valence-electron chi connectivity index (χ2n) is 5.06. The Bertz CT molecular complexity index is 525. The third kappa shape index (κ3) is 4.71. The molecule has 1 aliphatic rings. The fourth-order valence-corrected chi connectivity index (χ4v) is 2.37. The van der Waals surface area contributed by atoms with Crippen molar-refractivity contribution in [2.24, 2.45) is 5.10 Å². The zero-order chi connectivity index (χ0) is 15.9. The lowest BCUT2D eigenvalue weighted by Gasteiger charge is -2.33. The Morgan fingerprint density at radius 1 is 1.27 bits per heavy atom. The summed E-state index contributed by atoms with van der Waals surface area (Å²) in [7, 11) is 2.07. The summed E-state index contributed by atoms with van der Waals surface area (Å²) in [6.07, 6.45) is 0. The number of amidine groups is 1. The van der Waals surface area contributed by atoms with Crippen LogP contribution in [-0.4, -0.2) is 61.4 Å².